The number of thiazole rings is 1. The van der Waals surface area contributed by atoms with Gasteiger partial charge in [-0.2, -0.15) is 0 Å². The van der Waals surface area contributed by atoms with Crippen LogP contribution in [0.25, 0.3) is 33.1 Å². The highest BCUT2D eigenvalue weighted by Crippen LogP contribution is 2.35. The maximum atomic E-state index is 12.6. The first kappa shape index (κ1) is 22.9. The van der Waals surface area contributed by atoms with Gasteiger partial charge >= 0.3 is 0 Å². The number of aromatic amines is 1. The number of nitrogens with zero attached hydrogens (tertiary/aromatic N) is 2. The largest absolute Gasteiger partial charge is 0.497 e. The first-order valence-electron chi connectivity index (χ1n) is 11.2. The molecular weight excluding hydrogens is 464 g/mol. The summed E-state index contributed by atoms with van der Waals surface area (Å²) in [7, 11) is 3.33. The Balaban J connectivity index is 1.28. The van der Waals surface area contributed by atoms with Crippen molar-refractivity contribution >= 4 is 44.2 Å². The van der Waals surface area contributed by atoms with Gasteiger partial charge in [-0.15, -0.1) is 11.3 Å². The smallest absolute Gasteiger partial charge is 0.264 e. The first-order chi connectivity index (χ1) is 17.1. The zero-order valence-electron chi connectivity index (χ0n) is 19.8. The van der Waals surface area contributed by atoms with Gasteiger partial charge in [-0.1, -0.05) is 6.07 Å². The number of amides is 1. The Bertz CT molecular complexity index is 1500. The number of hydrogen-bond acceptors (Lipinski definition) is 6. The topological polar surface area (TPSA) is 90.4 Å². The highest BCUT2D eigenvalue weighted by atomic mass is 32.1. The van der Waals surface area contributed by atoms with E-state index in [1.54, 1.807) is 14.2 Å². The lowest BCUT2D eigenvalue weighted by Crippen LogP contribution is -2.20. The number of hydrogen-bond donors (Lipinski definition) is 2. The average molecular weight is 491 g/mol. The number of H-pyrrole nitrogens is 1. The normalized spacial score (nSPS) is 11.3. The zero-order valence-corrected chi connectivity index (χ0v) is 20.6. The number of fused-ring (bicyclic) bond motifs is 2. The molecule has 0 bridgehead atoms. The van der Waals surface area contributed by atoms with Crippen LogP contribution >= 0.6 is 11.3 Å². The average Bonchev–Trinajstić information content (AvgIpc) is 3.57. The molecule has 0 saturated heterocycles. The SMILES string of the molecule is COCCn1ccc2c(OCC(=O)Nc3nc(-c4c(C)[nH]c5ccc(OC)cc45)cs3)cccc21. The molecule has 35 heavy (non-hydrogen) atoms. The van der Waals surface area contributed by atoms with Crippen molar-refractivity contribution in [2.24, 2.45) is 0 Å². The van der Waals surface area contributed by atoms with Crippen LogP contribution in [-0.2, 0) is 16.1 Å². The van der Waals surface area contributed by atoms with Gasteiger partial charge < -0.3 is 23.8 Å². The summed E-state index contributed by atoms with van der Waals surface area (Å²) < 4.78 is 18.5. The zero-order chi connectivity index (χ0) is 24.4. The van der Waals surface area contributed by atoms with E-state index in [0.29, 0.717) is 17.5 Å². The molecule has 8 nitrogen and oxygen atoms in total. The van der Waals surface area contributed by atoms with Crippen LogP contribution in [0.15, 0.2) is 54.0 Å². The van der Waals surface area contributed by atoms with Crippen LogP contribution in [-0.4, -0.2) is 47.9 Å². The molecular formula is C26H26N4O4S. The van der Waals surface area contributed by atoms with E-state index in [4.69, 9.17) is 14.2 Å². The van der Waals surface area contributed by atoms with E-state index in [0.717, 1.165) is 51.1 Å². The number of anilines is 1. The number of aromatic nitrogens is 3. The molecule has 2 aromatic carbocycles. The van der Waals surface area contributed by atoms with Crippen LogP contribution in [0.3, 0.4) is 0 Å². The summed E-state index contributed by atoms with van der Waals surface area (Å²) in [6, 6.07) is 13.7. The molecule has 3 aromatic heterocycles. The van der Waals surface area contributed by atoms with Crippen molar-refractivity contribution in [1.29, 1.82) is 0 Å². The summed E-state index contributed by atoms with van der Waals surface area (Å²) in [5.74, 6) is 1.18. The summed E-state index contributed by atoms with van der Waals surface area (Å²) >= 11 is 1.38. The van der Waals surface area contributed by atoms with E-state index in [1.807, 2.05) is 61.0 Å². The van der Waals surface area contributed by atoms with E-state index in [-0.39, 0.29) is 12.5 Å². The minimum absolute atomic E-state index is 0.111. The second-order valence-electron chi connectivity index (χ2n) is 8.10. The fourth-order valence-corrected chi connectivity index (χ4v) is 4.93. The predicted molar refractivity (Wildman–Crippen MR) is 139 cm³/mol. The Kier molecular flexibility index (Phi) is 6.43. The fraction of sp³-hybridized carbons (Fsp3) is 0.231. The van der Waals surface area contributed by atoms with Crippen molar-refractivity contribution in [3.8, 4) is 22.8 Å². The van der Waals surface area contributed by atoms with E-state index in [9.17, 15) is 4.79 Å². The van der Waals surface area contributed by atoms with E-state index in [1.165, 1.54) is 11.3 Å². The molecule has 2 N–H and O–H groups in total. The van der Waals surface area contributed by atoms with Crippen LogP contribution in [0.1, 0.15) is 5.69 Å². The van der Waals surface area contributed by atoms with E-state index >= 15 is 0 Å². The number of nitrogens with one attached hydrogen (secondary N) is 2. The molecule has 5 rings (SSSR count). The number of carbonyl (C=O) groups excluding carboxylic acids is 1. The highest BCUT2D eigenvalue weighted by molar-refractivity contribution is 7.14. The molecule has 180 valence electrons. The molecule has 0 fully saturated rings. The lowest BCUT2D eigenvalue weighted by atomic mass is 10.1. The lowest BCUT2D eigenvalue weighted by molar-refractivity contribution is -0.118. The van der Waals surface area contributed by atoms with Crippen molar-refractivity contribution in [3.05, 3.63) is 59.7 Å². The van der Waals surface area contributed by atoms with Crippen molar-refractivity contribution in [3.63, 3.8) is 0 Å². The van der Waals surface area contributed by atoms with Gasteiger partial charge in [0.2, 0.25) is 0 Å². The number of ether oxygens (including phenoxy) is 3. The second-order valence-corrected chi connectivity index (χ2v) is 8.96. The maximum absolute atomic E-state index is 12.6. The second kappa shape index (κ2) is 9.81. The van der Waals surface area contributed by atoms with Crippen molar-refractivity contribution < 1.29 is 19.0 Å². The number of carbonyl (C=O) groups is 1. The van der Waals surface area contributed by atoms with Gasteiger partial charge in [0.1, 0.15) is 11.5 Å². The molecule has 1 amide bonds. The van der Waals surface area contributed by atoms with Gasteiger partial charge in [0.15, 0.2) is 11.7 Å². The van der Waals surface area contributed by atoms with Crippen molar-refractivity contribution in [2.45, 2.75) is 13.5 Å². The summed E-state index contributed by atoms with van der Waals surface area (Å²) in [4.78, 5) is 20.6. The third kappa shape index (κ3) is 4.60. The third-order valence-electron chi connectivity index (χ3n) is 5.87. The highest BCUT2D eigenvalue weighted by Gasteiger charge is 2.16. The molecule has 0 unspecified atom stereocenters. The summed E-state index contributed by atoms with van der Waals surface area (Å²) in [5, 5.41) is 7.30. The molecule has 0 spiro atoms. The Hall–Kier alpha value is -3.82. The Morgan fingerprint density at radius 3 is 2.89 bits per heavy atom. The third-order valence-corrected chi connectivity index (χ3v) is 6.63. The molecule has 0 saturated carbocycles. The first-order valence-corrected chi connectivity index (χ1v) is 12.1. The lowest BCUT2D eigenvalue weighted by Gasteiger charge is -2.09. The van der Waals surface area contributed by atoms with Crippen LogP contribution in [0.4, 0.5) is 5.13 Å². The van der Waals surface area contributed by atoms with Crippen molar-refractivity contribution in [1.82, 2.24) is 14.5 Å². The van der Waals surface area contributed by atoms with Gasteiger partial charge in [-0.25, -0.2) is 4.98 Å². The molecule has 0 radical (unpaired) electrons. The minimum Gasteiger partial charge on any atom is -0.497 e. The van der Waals surface area contributed by atoms with Gasteiger partial charge in [-0.05, 0) is 43.3 Å². The Morgan fingerprint density at radius 2 is 2.06 bits per heavy atom. The van der Waals surface area contributed by atoms with Gasteiger partial charge in [-0.3, -0.25) is 10.1 Å². The summed E-state index contributed by atoms with van der Waals surface area (Å²) in [6.07, 6.45) is 2.00. The minimum atomic E-state index is -0.265. The molecule has 0 aliphatic heterocycles. The molecule has 3 heterocycles. The number of methoxy groups -OCH3 is 2. The van der Waals surface area contributed by atoms with Gasteiger partial charge in [0, 0.05) is 52.8 Å². The van der Waals surface area contributed by atoms with Crippen LogP contribution in [0.2, 0.25) is 0 Å². The van der Waals surface area contributed by atoms with E-state index < -0.39 is 0 Å². The monoisotopic (exact) mass is 490 g/mol. The number of aryl methyl sites for hydroxylation is 1. The van der Waals surface area contributed by atoms with Crippen molar-refractivity contribution in [2.75, 3.05) is 32.8 Å². The molecule has 0 aliphatic carbocycles. The summed E-state index contributed by atoms with van der Waals surface area (Å²) in [6.45, 7) is 3.27. The molecule has 0 atom stereocenters. The number of rotatable bonds is 9. The van der Waals surface area contributed by atoms with Crippen LogP contribution < -0.4 is 14.8 Å². The Labute approximate surface area is 206 Å². The van der Waals surface area contributed by atoms with Gasteiger partial charge in [0.25, 0.3) is 5.91 Å². The quantitative estimate of drug-likeness (QED) is 0.295. The molecule has 0 aliphatic rings. The van der Waals surface area contributed by atoms with Crippen LogP contribution in [0.5, 0.6) is 11.5 Å². The standard InChI is InChI=1S/C26H26N4O4S/c1-16-25(19-13-17(33-3)7-8-20(19)27-16)21-15-35-26(28-21)29-24(31)14-34-23-6-4-5-22-18(23)9-10-30(22)11-12-32-2/h4-10,13,15,27H,11-12,14H2,1-3H3,(H,28,29,31). The Morgan fingerprint density at radius 1 is 1.17 bits per heavy atom. The predicted octanol–water partition coefficient (Wildman–Crippen LogP) is 5.23. The number of benzene rings is 2. The fourth-order valence-electron chi connectivity index (χ4n) is 4.21. The van der Waals surface area contributed by atoms with E-state index in [2.05, 4.69) is 19.9 Å². The maximum Gasteiger partial charge on any atom is 0.264 e. The molecule has 9 heteroatoms. The summed E-state index contributed by atoms with van der Waals surface area (Å²) in [5.41, 5.74) is 4.85. The molecule has 5 aromatic rings. The van der Waals surface area contributed by atoms with Gasteiger partial charge in [0.05, 0.1) is 24.9 Å². The van der Waals surface area contributed by atoms with Crippen LogP contribution in [0, 0.1) is 6.92 Å².